The molecule has 0 aliphatic rings. The van der Waals surface area contributed by atoms with Crippen LogP contribution in [-0.4, -0.2) is 24.0 Å². The number of nitrogens with two attached hydrogens (primary N) is 1. The summed E-state index contributed by atoms with van der Waals surface area (Å²) < 4.78 is 39.6. The first-order valence-electron chi connectivity index (χ1n) is 7.30. The predicted molar refractivity (Wildman–Crippen MR) is 79.9 cm³/mol. The standard InChI is InChI=1S/C16H25F3N2/c1-11(2)10-21(12(3)4)15(9-20)13-7-5-6-8-14(13)16(17,18)19/h5-8,11-12,15H,9-10,20H2,1-4H3. The molecule has 0 saturated heterocycles. The van der Waals surface area contributed by atoms with Gasteiger partial charge in [-0.3, -0.25) is 4.90 Å². The number of rotatable bonds is 6. The zero-order valence-electron chi connectivity index (χ0n) is 13.1. The van der Waals surface area contributed by atoms with Crippen LogP contribution in [0.4, 0.5) is 13.2 Å². The van der Waals surface area contributed by atoms with E-state index in [2.05, 4.69) is 18.7 Å². The first-order chi connectivity index (χ1) is 9.68. The minimum Gasteiger partial charge on any atom is -0.329 e. The monoisotopic (exact) mass is 302 g/mol. The van der Waals surface area contributed by atoms with Crippen LogP contribution in [0.1, 0.15) is 44.9 Å². The molecule has 5 heteroatoms. The maximum Gasteiger partial charge on any atom is 0.416 e. The van der Waals surface area contributed by atoms with Gasteiger partial charge in [0, 0.05) is 25.2 Å². The lowest BCUT2D eigenvalue weighted by atomic mass is 9.96. The van der Waals surface area contributed by atoms with E-state index in [0.29, 0.717) is 12.5 Å². The first-order valence-corrected chi connectivity index (χ1v) is 7.30. The molecule has 0 fully saturated rings. The third-order valence-electron chi connectivity index (χ3n) is 3.49. The fourth-order valence-electron chi connectivity index (χ4n) is 2.61. The Morgan fingerprint density at radius 1 is 1.10 bits per heavy atom. The van der Waals surface area contributed by atoms with E-state index < -0.39 is 17.8 Å². The van der Waals surface area contributed by atoms with Gasteiger partial charge in [-0.2, -0.15) is 13.2 Å². The molecule has 2 N–H and O–H groups in total. The number of hydrogen-bond acceptors (Lipinski definition) is 2. The third-order valence-corrected chi connectivity index (χ3v) is 3.49. The molecule has 0 radical (unpaired) electrons. The maximum atomic E-state index is 13.2. The molecule has 0 saturated carbocycles. The molecule has 1 unspecified atom stereocenters. The van der Waals surface area contributed by atoms with E-state index in [9.17, 15) is 13.2 Å². The van der Waals surface area contributed by atoms with E-state index in [0.717, 1.165) is 6.07 Å². The number of benzene rings is 1. The Hall–Kier alpha value is -1.07. The minimum absolute atomic E-state index is 0.127. The van der Waals surface area contributed by atoms with Crippen LogP contribution in [0.2, 0.25) is 0 Å². The molecule has 0 aliphatic heterocycles. The predicted octanol–water partition coefficient (Wildman–Crippen LogP) is 4.07. The smallest absolute Gasteiger partial charge is 0.329 e. The Bertz CT molecular complexity index is 441. The molecular weight excluding hydrogens is 277 g/mol. The highest BCUT2D eigenvalue weighted by Gasteiger charge is 2.36. The molecule has 21 heavy (non-hydrogen) atoms. The summed E-state index contributed by atoms with van der Waals surface area (Å²) in [5, 5.41) is 0. The van der Waals surface area contributed by atoms with Gasteiger partial charge < -0.3 is 5.73 Å². The van der Waals surface area contributed by atoms with Crippen LogP contribution < -0.4 is 5.73 Å². The van der Waals surface area contributed by atoms with Gasteiger partial charge in [0.25, 0.3) is 0 Å². The summed E-state index contributed by atoms with van der Waals surface area (Å²) in [5.74, 6) is 0.361. The summed E-state index contributed by atoms with van der Waals surface area (Å²) in [6.45, 7) is 8.96. The quantitative estimate of drug-likeness (QED) is 0.858. The lowest BCUT2D eigenvalue weighted by Gasteiger charge is -2.37. The Morgan fingerprint density at radius 3 is 2.10 bits per heavy atom. The van der Waals surface area contributed by atoms with Gasteiger partial charge >= 0.3 is 6.18 Å². The molecule has 1 atom stereocenters. The zero-order valence-corrected chi connectivity index (χ0v) is 13.1. The van der Waals surface area contributed by atoms with Crippen molar-refractivity contribution in [3.8, 4) is 0 Å². The second-order valence-corrected chi connectivity index (χ2v) is 6.02. The average molecular weight is 302 g/mol. The molecule has 0 aliphatic carbocycles. The number of alkyl halides is 3. The van der Waals surface area contributed by atoms with Crippen molar-refractivity contribution in [3.63, 3.8) is 0 Å². The summed E-state index contributed by atoms with van der Waals surface area (Å²) >= 11 is 0. The average Bonchev–Trinajstić information content (AvgIpc) is 2.37. The SMILES string of the molecule is CC(C)CN(C(C)C)C(CN)c1ccccc1C(F)(F)F. The van der Waals surface area contributed by atoms with Crippen LogP contribution in [0.3, 0.4) is 0 Å². The van der Waals surface area contributed by atoms with Crippen LogP contribution in [0.15, 0.2) is 24.3 Å². The fraction of sp³-hybridized carbons (Fsp3) is 0.625. The summed E-state index contributed by atoms with van der Waals surface area (Å²) in [4.78, 5) is 2.05. The molecule has 0 amide bonds. The van der Waals surface area contributed by atoms with Gasteiger partial charge in [-0.1, -0.05) is 32.0 Å². The first kappa shape index (κ1) is 18.0. The van der Waals surface area contributed by atoms with Gasteiger partial charge in [0.1, 0.15) is 0 Å². The molecule has 0 spiro atoms. The van der Waals surface area contributed by atoms with Gasteiger partial charge in [-0.05, 0) is 31.4 Å². The van der Waals surface area contributed by atoms with Gasteiger partial charge in [-0.15, -0.1) is 0 Å². The van der Waals surface area contributed by atoms with E-state index in [-0.39, 0.29) is 18.2 Å². The minimum atomic E-state index is -4.36. The lowest BCUT2D eigenvalue weighted by Crippen LogP contribution is -2.41. The van der Waals surface area contributed by atoms with Crippen molar-refractivity contribution in [1.29, 1.82) is 0 Å². The van der Waals surface area contributed by atoms with Crippen molar-refractivity contribution >= 4 is 0 Å². The molecule has 1 aromatic carbocycles. The van der Waals surface area contributed by atoms with E-state index in [1.54, 1.807) is 6.07 Å². The van der Waals surface area contributed by atoms with Crippen molar-refractivity contribution in [2.45, 2.75) is 46.0 Å². The summed E-state index contributed by atoms with van der Waals surface area (Å²) in [6, 6.07) is 5.43. The van der Waals surface area contributed by atoms with Crippen LogP contribution in [0, 0.1) is 5.92 Å². The molecule has 0 aromatic heterocycles. The highest BCUT2D eigenvalue weighted by atomic mass is 19.4. The van der Waals surface area contributed by atoms with E-state index >= 15 is 0 Å². The van der Waals surface area contributed by atoms with Crippen molar-refractivity contribution in [1.82, 2.24) is 4.90 Å². The van der Waals surface area contributed by atoms with E-state index in [1.165, 1.54) is 12.1 Å². The highest BCUT2D eigenvalue weighted by Crippen LogP contribution is 2.36. The lowest BCUT2D eigenvalue weighted by molar-refractivity contribution is -0.138. The summed E-state index contributed by atoms with van der Waals surface area (Å²) in [5.41, 5.74) is 5.50. The second-order valence-electron chi connectivity index (χ2n) is 6.02. The molecule has 0 bridgehead atoms. The zero-order chi connectivity index (χ0) is 16.2. The third kappa shape index (κ3) is 4.71. The normalized spacial score (nSPS) is 14.2. The fourth-order valence-corrected chi connectivity index (χ4v) is 2.61. The maximum absolute atomic E-state index is 13.2. The summed E-state index contributed by atoms with van der Waals surface area (Å²) in [6.07, 6.45) is -4.36. The summed E-state index contributed by atoms with van der Waals surface area (Å²) in [7, 11) is 0. The van der Waals surface area contributed by atoms with Gasteiger partial charge in [0.05, 0.1) is 5.56 Å². The second kappa shape index (κ2) is 7.27. The van der Waals surface area contributed by atoms with E-state index in [4.69, 9.17) is 5.73 Å². The Labute approximate surface area is 125 Å². The Morgan fingerprint density at radius 2 is 1.67 bits per heavy atom. The molecule has 1 aromatic rings. The number of hydrogen-bond donors (Lipinski definition) is 1. The largest absolute Gasteiger partial charge is 0.416 e. The molecular formula is C16H25F3N2. The van der Waals surface area contributed by atoms with Crippen LogP contribution >= 0.6 is 0 Å². The van der Waals surface area contributed by atoms with Crippen molar-refractivity contribution in [2.75, 3.05) is 13.1 Å². The van der Waals surface area contributed by atoms with E-state index in [1.807, 2.05) is 13.8 Å². The van der Waals surface area contributed by atoms with Crippen molar-refractivity contribution < 1.29 is 13.2 Å². The topological polar surface area (TPSA) is 29.3 Å². The number of nitrogens with zero attached hydrogens (tertiary/aromatic N) is 1. The number of halogens is 3. The molecule has 1 rings (SSSR count). The van der Waals surface area contributed by atoms with Crippen molar-refractivity contribution in [2.24, 2.45) is 11.7 Å². The van der Waals surface area contributed by atoms with Gasteiger partial charge in [0.2, 0.25) is 0 Å². The van der Waals surface area contributed by atoms with Crippen LogP contribution in [0.25, 0.3) is 0 Å². The molecule has 0 heterocycles. The molecule has 120 valence electrons. The highest BCUT2D eigenvalue weighted by molar-refractivity contribution is 5.33. The Kier molecular flexibility index (Phi) is 6.23. The van der Waals surface area contributed by atoms with Crippen LogP contribution in [0.5, 0.6) is 0 Å². The molecule has 2 nitrogen and oxygen atoms in total. The van der Waals surface area contributed by atoms with Crippen molar-refractivity contribution in [3.05, 3.63) is 35.4 Å². The van der Waals surface area contributed by atoms with Gasteiger partial charge in [0.15, 0.2) is 0 Å². The van der Waals surface area contributed by atoms with Crippen LogP contribution in [-0.2, 0) is 6.18 Å². The Balaban J connectivity index is 3.26. The van der Waals surface area contributed by atoms with Gasteiger partial charge in [-0.25, -0.2) is 0 Å².